The van der Waals surface area contributed by atoms with Crippen molar-refractivity contribution in [3.8, 4) is 5.75 Å². The molecule has 2 aromatic carbocycles. The molecule has 0 aliphatic heterocycles. The lowest BCUT2D eigenvalue weighted by molar-refractivity contribution is 0.201. The summed E-state index contributed by atoms with van der Waals surface area (Å²) in [5.41, 5.74) is 2.61. The van der Waals surface area contributed by atoms with E-state index < -0.39 is 10.1 Å². The quantitative estimate of drug-likeness (QED) is 0.481. The number of amides is 2. The van der Waals surface area contributed by atoms with E-state index in [4.69, 9.17) is 8.60 Å². The molecule has 0 saturated carbocycles. The van der Waals surface area contributed by atoms with Gasteiger partial charge in [-0.15, -0.1) is 0 Å². The Labute approximate surface area is 182 Å². The number of carbonyl (C=O) groups excluding carboxylic acids is 1. The highest BCUT2D eigenvalue weighted by molar-refractivity contribution is 7.87. The topological polar surface area (TPSA) is 88.9 Å². The Bertz CT molecular complexity index is 1090. The second-order valence-corrected chi connectivity index (χ2v) is 8.85. The van der Waals surface area contributed by atoms with Gasteiger partial charge in [-0.3, -0.25) is 0 Å². The molecule has 8 heteroatoms. The van der Waals surface area contributed by atoms with Crippen LogP contribution in [-0.4, -0.2) is 25.1 Å². The average Bonchev–Trinajstić information content (AvgIpc) is 3.27. The zero-order valence-corrected chi connectivity index (χ0v) is 18.4. The SMILES string of the molecule is CCc1ccc(NC(=O)N(Cc2cccc(OS(=O)(=O)CC)c2)Cc2ccco2)cc1. The van der Waals surface area contributed by atoms with Crippen LogP contribution in [0.15, 0.2) is 71.3 Å². The maximum atomic E-state index is 13.0. The van der Waals surface area contributed by atoms with Crippen molar-refractivity contribution in [3.05, 3.63) is 83.8 Å². The lowest BCUT2D eigenvalue weighted by Gasteiger charge is -2.22. The molecular weight excluding hydrogens is 416 g/mol. The minimum atomic E-state index is -3.63. The summed E-state index contributed by atoms with van der Waals surface area (Å²) in [6, 6.07) is 17.6. The van der Waals surface area contributed by atoms with Gasteiger partial charge in [-0.05, 0) is 60.9 Å². The van der Waals surface area contributed by atoms with Crippen LogP contribution in [0, 0.1) is 0 Å². The molecule has 1 aromatic heterocycles. The first kappa shape index (κ1) is 22.4. The highest BCUT2D eigenvalue weighted by Gasteiger charge is 2.17. The smallest absolute Gasteiger partial charge is 0.322 e. The molecule has 0 aliphatic carbocycles. The van der Waals surface area contributed by atoms with Gasteiger partial charge >= 0.3 is 16.1 Å². The molecule has 1 heterocycles. The first-order chi connectivity index (χ1) is 14.9. The fourth-order valence-electron chi connectivity index (χ4n) is 2.94. The summed E-state index contributed by atoms with van der Waals surface area (Å²) in [6.07, 6.45) is 2.48. The monoisotopic (exact) mass is 442 g/mol. The van der Waals surface area contributed by atoms with Crippen molar-refractivity contribution in [3.63, 3.8) is 0 Å². The Kier molecular flexibility index (Phi) is 7.36. The van der Waals surface area contributed by atoms with Crippen LogP contribution < -0.4 is 9.50 Å². The Balaban J connectivity index is 1.78. The molecule has 0 bridgehead atoms. The highest BCUT2D eigenvalue weighted by atomic mass is 32.2. The third-order valence-electron chi connectivity index (χ3n) is 4.68. The van der Waals surface area contributed by atoms with Gasteiger partial charge in [-0.25, -0.2) is 4.79 Å². The van der Waals surface area contributed by atoms with Crippen molar-refractivity contribution >= 4 is 21.8 Å². The highest BCUT2D eigenvalue weighted by Crippen LogP contribution is 2.19. The van der Waals surface area contributed by atoms with Crippen LogP contribution in [0.2, 0.25) is 0 Å². The van der Waals surface area contributed by atoms with Crippen molar-refractivity contribution in [2.75, 3.05) is 11.1 Å². The summed E-state index contributed by atoms with van der Waals surface area (Å²) in [7, 11) is -3.63. The van der Waals surface area contributed by atoms with E-state index in [9.17, 15) is 13.2 Å². The van der Waals surface area contributed by atoms with E-state index in [0.717, 1.165) is 12.0 Å². The van der Waals surface area contributed by atoms with E-state index in [1.165, 1.54) is 12.5 Å². The van der Waals surface area contributed by atoms with Gasteiger partial charge in [0.2, 0.25) is 0 Å². The first-order valence-corrected chi connectivity index (χ1v) is 11.6. The second kappa shape index (κ2) is 10.2. The lowest BCUT2D eigenvalue weighted by Crippen LogP contribution is -2.34. The molecule has 0 unspecified atom stereocenters. The standard InChI is InChI=1S/C23H26N2O5S/c1-3-18-10-12-20(13-11-18)24-23(26)25(17-22-9-6-14-29-22)16-19-7-5-8-21(15-19)30-31(27,28)4-2/h5-15H,3-4,16-17H2,1-2H3,(H,24,26). The summed E-state index contributed by atoms with van der Waals surface area (Å²) < 4.78 is 34.0. The molecule has 3 aromatic rings. The Morgan fingerprint density at radius 1 is 1.00 bits per heavy atom. The van der Waals surface area contributed by atoms with Crippen molar-refractivity contribution in [2.24, 2.45) is 0 Å². The van der Waals surface area contributed by atoms with Crippen LogP contribution in [0.5, 0.6) is 5.75 Å². The normalized spacial score (nSPS) is 11.2. The largest absolute Gasteiger partial charge is 0.467 e. The van der Waals surface area contributed by atoms with E-state index in [2.05, 4.69) is 12.2 Å². The van der Waals surface area contributed by atoms with Crippen LogP contribution in [0.3, 0.4) is 0 Å². The molecular formula is C23H26N2O5S. The number of anilines is 1. The third kappa shape index (κ3) is 6.62. The zero-order chi connectivity index (χ0) is 22.3. The zero-order valence-electron chi connectivity index (χ0n) is 17.6. The van der Waals surface area contributed by atoms with E-state index in [0.29, 0.717) is 11.4 Å². The number of carbonyl (C=O) groups is 1. The van der Waals surface area contributed by atoms with Crippen LogP contribution in [0.4, 0.5) is 10.5 Å². The van der Waals surface area contributed by atoms with Crippen LogP contribution in [0.1, 0.15) is 30.7 Å². The van der Waals surface area contributed by atoms with Gasteiger partial charge in [0.05, 0.1) is 18.6 Å². The van der Waals surface area contributed by atoms with Gasteiger partial charge < -0.3 is 18.8 Å². The number of nitrogens with zero attached hydrogens (tertiary/aromatic N) is 1. The van der Waals surface area contributed by atoms with Crippen LogP contribution >= 0.6 is 0 Å². The number of rotatable bonds is 9. The molecule has 0 saturated heterocycles. The van der Waals surface area contributed by atoms with E-state index in [1.807, 2.05) is 30.3 Å². The molecule has 1 N–H and O–H groups in total. The van der Waals surface area contributed by atoms with Crippen molar-refractivity contribution in [1.82, 2.24) is 4.90 Å². The molecule has 3 rings (SSSR count). The molecule has 0 aliphatic rings. The fraction of sp³-hybridized carbons (Fsp3) is 0.261. The second-order valence-electron chi connectivity index (χ2n) is 6.99. The van der Waals surface area contributed by atoms with Gasteiger partial charge in [0.25, 0.3) is 0 Å². The van der Waals surface area contributed by atoms with E-state index >= 15 is 0 Å². The van der Waals surface area contributed by atoms with Gasteiger partial charge in [-0.1, -0.05) is 31.2 Å². The Morgan fingerprint density at radius 3 is 2.42 bits per heavy atom. The van der Waals surface area contributed by atoms with Gasteiger partial charge in [0.1, 0.15) is 11.5 Å². The molecule has 0 atom stereocenters. The number of nitrogens with one attached hydrogen (secondary N) is 1. The Morgan fingerprint density at radius 2 is 1.77 bits per heavy atom. The minimum Gasteiger partial charge on any atom is -0.467 e. The molecule has 0 spiro atoms. The van der Waals surface area contributed by atoms with Crippen LogP contribution in [0.25, 0.3) is 0 Å². The summed E-state index contributed by atoms with van der Waals surface area (Å²) in [5.74, 6) is 0.728. The van der Waals surface area contributed by atoms with E-state index in [1.54, 1.807) is 41.5 Å². The molecule has 31 heavy (non-hydrogen) atoms. The van der Waals surface area contributed by atoms with Crippen molar-refractivity contribution in [1.29, 1.82) is 0 Å². The molecule has 2 amide bonds. The summed E-state index contributed by atoms with van der Waals surface area (Å²) in [4.78, 5) is 14.6. The summed E-state index contributed by atoms with van der Waals surface area (Å²) >= 11 is 0. The Hall–Kier alpha value is -3.26. The van der Waals surface area contributed by atoms with Gasteiger partial charge in [-0.2, -0.15) is 8.42 Å². The molecule has 0 fully saturated rings. The van der Waals surface area contributed by atoms with Gasteiger partial charge in [0.15, 0.2) is 0 Å². The maximum absolute atomic E-state index is 13.0. The van der Waals surface area contributed by atoms with E-state index in [-0.39, 0.29) is 30.6 Å². The summed E-state index contributed by atoms with van der Waals surface area (Å²) in [5, 5.41) is 2.91. The number of hydrogen-bond donors (Lipinski definition) is 1. The average molecular weight is 443 g/mol. The maximum Gasteiger partial charge on any atom is 0.322 e. The predicted octanol–water partition coefficient (Wildman–Crippen LogP) is 4.80. The number of urea groups is 1. The fourth-order valence-corrected chi connectivity index (χ4v) is 3.45. The predicted molar refractivity (Wildman–Crippen MR) is 119 cm³/mol. The van der Waals surface area contributed by atoms with Crippen molar-refractivity contribution in [2.45, 2.75) is 33.4 Å². The third-order valence-corrected chi connectivity index (χ3v) is 5.83. The number of hydrogen-bond acceptors (Lipinski definition) is 5. The summed E-state index contributed by atoms with van der Waals surface area (Å²) in [6.45, 7) is 4.08. The number of benzene rings is 2. The molecule has 0 radical (unpaired) electrons. The van der Waals surface area contributed by atoms with Gasteiger partial charge in [0, 0.05) is 12.2 Å². The number of aryl methyl sites for hydroxylation is 1. The molecule has 7 nitrogen and oxygen atoms in total. The molecule has 164 valence electrons. The minimum absolute atomic E-state index is 0.124. The van der Waals surface area contributed by atoms with Crippen molar-refractivity contribution < 1.29 is 21.8 Å². The first-order valence-electron chi connectivity index (χ1n) is 10.1. The van der Waals surface area contributed by atoms with Crippen LogP contribution in [-0.2, 0) is 29.6 Å². The lowest BCUT2D eigenvalue weighted by atomic mass is 10.1. The number of furan rings is 1.